The van der Waals surface area contributed by atoms with Gasteiger partial charge >= 0.3 is 0 Å². The molecule has 0 aliphatic heterocycles. The van der Waals surface area contributed by atoms with E-state index in [0.717, 1.165) is 6.07 Å². The molecule has 0 fully saturated rings. The molecule has 1 aromatic carbocycles. The predicted molar refractivity (Wildman–Crippen MR) is 71.7 cm³/mol. The average molecular weight is 307 g/mol. The van der Waals surface area contributed by atoms with E-state index in [0.29, 0.717) is 6.07 Å². The fourth-order valence-corrected chi connectivity index (χ4v) is 2.64. The number of aryl methyl sites for hydroxylation is 1. The lowest BCUT2D eigenvalue weighted by atomic mass is 9.93. The number of hydrogen-bond donors (Lipinski definition) is 2. The molecule has 0 heterocycles. The molecule has 0 radical (unpaired) electrons. The van der Waals surface area contributed by atoms with Crippen LogP contribution in [0.4, 0.5) is 8.78 Å². The summed E-state index contributed by atoms with van der Waals surface area (Å²) in [6, 6.07) is 1.46. The summed E-state index contributed by atoms with van der Waals surface area (Å²) in [5.74, 6) is -2.16. The van der Waals surface area contributed by atoms with Gasteiger partial charge in [-0.3, -0.25) is 0 Å². The minimum Gasteiger partial charge on any atom is -0.389 e. The molecule has 114 valence electrons. The first-order valence-corrected chi connectivity index (χ1v) is 7.63. The van der Waals surface area contributed by atoms with Gasteiger partial charge in [-0.15, -0.1) is 0 Å². The van der Waals surface area contributed by atoms with Gasteiger partial charge in [0.25, 0.3) is 0 Å². The molecule has 20 heavy (non-hydrogen) atoms. The van der Waals surface area contributed by atoms with Crippen molar-refractivity contribution in [3.05, 3.63) is 29.3 Å². The highest BCUT2D eigenvalue weighted by Crippen LogP contribution is 2.20. The largest absolute Gasteiger partial charge is 0.389 e. The fourth-order valence-electron chi connectivity index (χ4n) is 1.36. The Labute approximate surface area is 117 Å². The van der Waals surface area contributed by atoms with E-state index < -0.39 is 32.2 Å². The molecule has 0 spiro atoms. The van der Waals surface area contributed by atoms with Crippen LogP contribution in [0, 0.1) is 24.5 Å². The quantitative estimate of drug-likeness (QED) is 0.874. The van der Waals surface area contributed by atoms with Gasteiger partial charge in [0.05, 0.1) is 5.60 Å². The van der Waals surface area contributed by atoms with Crippen LogP contribution in [0.25, 0.3) is 0 Å². The van der Waals surface area contributed by atoms with Crippen molar-refractivity contribution in [2.45, 2.75) is 38.2 Å². The minimum absolute atomic E-state index is 0.0300. The smallest absolute Gasteiger partial charge is 0.243 e. The van der Waals surface area contributed by atoms with Crippen molar-refractivity contribution in [2.24, 2.45) is 5.92 Å². The highest BCUT2D eigenvalue weighted by Gasteiger charge is 2.29. The minimum atomic E-state index is -4.15. The number of hydrogen-bond acceptors (Lipinski definition) is 3. The van der Waals surface area contributed by atoms with Crippen molar-refractivity contribution < 1.29 is 22.3 Å². The van der Waals surface area contributed by atoms with Crippen LogP contribution in [0.2, 0.25) is 0 Å². The lowest BCUT2D eigenvalue weighted by Gasteiger charge is -2.27. The van der Waals surface area contributed by atoms with Crippen molar-refractivity contribution in [2.75, 3.05) is 6.54 Å². The van der Waals surface area contributed by atoms with Crippen LogP contribution in [0.15, 0.2) is 17.0 Å². The molecule has 0 saturated carbocycles. The number of sulfonamides is 1. The lowest BCUT2D eigenvalue weighted by Crippen LogP contribution is -2.44. The van der Waals surface area contributed by atoms with E-state index in [1.807, 2.05) is 0 Å². The third-order valence-electron chi connectivity index (χ3n) is 3.37. The van der Waals surface area contributed by atoms with E-state index in [-0.39, 0.29) is 18.0 Å². The molecule has 0 saturated heterocycles. The van der Waals surface area contributed by atoms with E-state index in [2.05, 4.69) is 4.72 Å². The Bertz CT molecular complexity index is 598. The molecule has 0 aliphatic carbocycles. The van der Waals surface area contributed by atoms with Gasteiger partial charge in [0.15, 0.2) is 0 Å². The number of nitrogens with one attached hydrogen (secondary N) is 1. The van der Waals surface area contributed by atoms with Crippen molar-refractivity contribution in [3.8, 4) is 0 Å². The van der Waals surface area contributed by atoms with Gasteiger partial charge in [-0.1, -0.05) is 13.8 Å². The first kappa shape index (κ1) is 17.0. The zero-order valence-electron chi connectivity index (χ0n) is 11.9. The van der Waals surface area contributed by atoms with Gasteiger partial charge in [-0.25, -0.2) is 21.9 Å². The second kappa shape index (κ2) is 5.75. The second-order valence-electron chi connectivity index (χ2n) is 5.37. The molecule has 0 bridgehead atoms. The standard InChI is InChI=1S/C13H19F2NO3S/c1-8(2)13(4,17)7-16-20(18,19)12-5-9(3)10(14)6-11(12)15/h5-6,8,16-17H,7H2,1-4H3. The normalized spacial score (nSPS) is 15.4. The molecule has 4 nitrogen and oxygen atoms in total. The molecule has 0 aliphatic rings. The summed E-state index contributed by atoms with van der Waals surface area (Å²) in [4.78, 5) is -0.629. The first-order chi connectivity index (χ1) is 8.97. The third kappa shape index (κ3) is 3.74. The summed E-state index contributed by atoms with van der Waals surface area (Å²) in [6.07, 6.45) is 0. The zero-order chi connectivity index (χ0) is 15.7. The van der Waals surface area contributed by atoms with E-state index >= 15 is 0 Å². The van der Waals surface area contributed by atoms with Gasteiger partial charge in [0, 0.05) is 12.6 Å². The van der Waals surface area contributed by atoms with Crippen LogP contribution >= 0.6 is 0 Å². The monoisotopic (exact) mass is 307 g/mol. The Balaban J connectivity index is 3.04. The van der Waals surface area contributed by atoms with Crippen LogP contribution in [0.3, 0.4) is 0 Å². The Morgan fingerprint density at radius 1 is 1.30 bits per heavy atom. The Kier molecular flexibility index (Phi) is 4.89. The summed E-state index contributed by atoms with van der Waals surface area (Å²) in [6.45, 7) is 6.03. The first-order valence-electron chi connectivity index (χ1n) is 6.15. The number of rotatable bonds is 5. The van der Waals surface area contributed by atoms with Crippen LogP contribution in [-0.2, 0) is 10.0 Å². The molecular formula is C13H19F2NO3S. The Morgan fingerprint density at radius 2 is 1.85 bits per heavy atom. The van der Waals surface area contributed by atoms with Crippen LogP contribution < -0.4 is 4.72 Å². The summed E-state index contributed by atoms with van der Waals surface area (Å²) in [5, 5.41) is 9.99. The van der Waals surface area contributed by atoms with Gasteiger partial charge in [-0.05, 0) is 31.4 Å². The van der Waals surface area contributed by atoms with Crippen LogP contribution in [-0.4, -0.2) is 25.7 Å². The molecule has 0 aromatic heterocycles. The van der Waals surface area contributed by atoms with E-state index in [9.17, 15) is 22.3 Å². The van der Waals surface area contributed by atoms with Crippen LogP contribution in [0.5, 0.6) is 0 Å². The fraction of sp³-hybridized carbons (Fsp3) is 0.538. The van der Waals surface area contributed by atoms with E-state index in [1.54, 1.807) is 13.8 Å². The second-order valence-corrected chi connectivity index (χ2v) is 7.10. The molecule has 1 atom stereocenters. The topological polar surface area (TPSA) is 66.4 Å². The SMILES string of the molecule is Cc1cc(S(=O)(=O)NCC(C)(O)C(C)C)c(F)cc1F. The molecule has 1 aromatic rings. The van der Waals surface area contributed by atoms with E-state index in [4.69, 9.17) is 0 Å². The zero-order valence-corrected chi connectivity index (χ0v) is 12.7. The number of benzene rings is 1. The van der Waals surface area contributed by atoms with E-state index in [1.165, 1.54) is 13.8 Å². The van der Waals surface area contributed by atoms with Gasteiger partial charge in [-0.2, -0.15) is 0 Å². The maximum Gasteiger partial charge on any atom is 0.243 e. The molecule has 0 amide bonds. The molecule has 1 rings (SSSR count). The summed E-state index contributed by atoms with van der Waals surface area (Å²) in [7, 11) is -4.15. The maximum absolute atomic E-state index is 13.6. The van der Waals surface area contributed by atoms with Crippen LogP contribution in [0.1, 0.15) is 26.3 Å². The number of halogens is 2. The molecular weight excluding hydrogens is 288 g/mol. The van der Waals surface area contributed by atoms with Gasteiger partial charge in [0.2, 0.25) is 10.0 Å². The summed E-state index contributed by atoms with van der Waals surface area (Å²) in [5.41, 5.74) is -1.24. The third-order valence-corrected chi connectivity index (χ3v) is 4.78. The Morgan fingerprint density at radius 3 is 2.35 bits per heavy atom. The summed E-state index contributed by atoms with van der Waals surface area (Å²) < 4.78 is 52.9. The Hall–Kier alpha value is -1.05. The molecule has 1 unspecified atom stereocenters. The molecule has 2 N–H and O–H groups in total. The maximum atomic E-state index is 13.6. The average Bonchev–Trinajstić information content (AvgIpc) is 2.31. The summed E-state index contributed by atoms with van der Waals surface area (Å²) >= 11 is 0. The van der Waals surface area contributed by atoms with Crippen molar-refractivity contribution >= 4 is 10.0 Å². The number of aliphatic hydroxyl groups is 1. The van der Waals surface area contributed by atoms with Crippen molar-refractivity contribution in [3.63, 3.8) is 0 Å². The highest BCUT2D eigenvalue weighted by molar-refractivity contribution is 7.89. The molecule has 7 heteroatoms. The lowest BCUT2D eigenvalue weighted by molar-refractivity contribution is 0.0190. The van der Waals surface area contributed by atoms with Gasteiger partial charge < -0.3 is 5.11 Å². The highest BCUT2D eigenvalue weighted by atomic mass is 32.2. The van der Waals surface area contributed by atoms with Crippen molar-refractivity contribution in [1.82, 2.24) is 4.72 Å². The van der Waals surface area contributed by atoms with Gasteiger partial charge in [0.1, 0.15) is 16.5 Å². The predicted octanol–water partition coefficient (Wildman–Crippen LogP) is 1.96. The van der Waals surface area contributed by atoms with Crippen molar-refractivity contribution in [1.29, 1.82) is 0 Å².